The second-order valence-corrected chi connectivity index (χ2v) is 6.58. The van der Waals surface area contributed by atoms with Crippen LogP contribution < -0.4 is 14.7 Å². The van der Waals surface area contributed by atoms with E-state index in [9.17, 15) is 23.5 Å². The largest absolute Gasteiger partial charge is 0.477 e. The van der Waals surface area contributed by atoms with Crippen LogP contribution in [0.1, 0.15) is 36.5 Å². The van der Waals surface area contributed by atoms with Gasteiger partial charge in [-0.15, -0.1) is 4.52 Å². The molecule has 0 aromatic carbocycles. The topological polar surface area (TPSA) is 91.6 Å². The molecule has 8 nitrogen and oxygen atoms in total. The second-order valence-electron chi connectivity index (χ2n) is 6.58. The van der Waals surface area contributed by atoms with Gasteiger partial charge in [-0.25, -0.2) is 23.1 Å². The van der Waals surface area contributed by atoms with Gasteiger partial charge in [-0.1, -0.05) is 0 Å². The van der Waals surface area contributed by atoms with Crippen molar-refractivity contribution in [2.45, 2.75) is 50.7 Å². The maximum atomic E-state index is 14.1. The smallest absolute Gasteiger partial charge is 0.365 e. The molecule has 4 rings (SSSR count). The monoisotopic (exact) mass is 366 g/mol. The Morgan fingerprint density at radius 1 is 1.54 bits per heavy atom. The van der Waals surface area contributed by atoms with Gasteiger partial charge in [0.15, 0.2) is 5.56 Å². The molecule has 3 heterocycles. The van der Waals surface area contributed by atoms with Crippen LogP contribution in [-0.2, 0) is 6.54 Å². The van der Waals surface area contributed by atoms with E-state index in [2.05, 4.69) is 10.3 Å². The molecule has 2 aromatic heterocycles. The van der Waals surface area contributed by atoms with Crippen molar-refractivity contribution in [2.24, 2.45) is 0 Å². The number of alkyl halides is 2. The van der Waals surface area contributed by atoms with Crippen molar-refractivity contribution in [3.63, 3.8) is 0 Å². The number of aryl methyl sites for hydroxylation is 1. The number of aromatic carboxylic acids is 1. The molecular formula is C16H18F2N5O3+. The molecule has 1 aliphatic carbocycles. The highest BCUT2D eigenvalue weighted by molar-refractivity contribution is 5.96. The standard InChI is InChI=1S/C16H17F2N5O3/c1-2-21-8-9(14(24)25)13-19-11(5-7-22(13)21)23-10-4-3-6-16(17,18)12(10)20-15(23)26/h5,7-8,10,12H,2-4,6H2,1H3,(H-,20,24,25,26)/p+1/t10-,12-/m1/s1. The van der Waals surface area contributed by atoms with E-state index in [-0.39, 0.29) is 23.4 Å². The van der Waals surface area contributed by atoms with Gasteiger partial charge in [-0.3, -0.25) is 4.90 Å². The number of urea groups is 1. The highest BCUT2D eigenvalue weighted by Gasteiger charge is 2.56. The van der Waals surface area contributed by atoms with Crippen molar-refractivity contribution >= 4 is 23.5 Å². The predicted molar refractivity (Wildman–Crippen MR) is 85.4 cm³/mol. The summed E-state index contributed by atoms with van der Waals surface area (Å²) in [6.07, 6.45) is 3.54. The number of nitrogens with zero attached hydrogens (tertiary/aromatic N) is 4. The average molecular weight is 366 g/mol. The summed E-state index contributed by atoms with van der Waals surface area (Å²) in [7, 11) is 0. The Labute approximate surface area is 147 Å². The molecule has 0 bridgehead atoms. The van der Waals surface area contributed by atoms with E-state index in [1.807, 2.05) is 6.92 Å². The Balaban J connectivity index is 1.80. The van der Waals surface area contributed by atoms with Crippen LogP contribution in [-0.4, -0.2) is 44.8 Å². The summed E-state index contributed by atoms with van der Waals surface area (Å²) in [5.41, 5.74) is 0.148. The van der Waals surface area contributed by atoms with Crippen LogP contribution in [0.25, 0.3) is 5.65 Å². The summed E-state index contributed by atoms with van der Waals surface area (Å²) < 4.78 is 31.5. The van der Waals surface area contributed by atoms with Crippen LogP contribution in [0.15, 0.2) is 18.5 Å². The molecule has 10 heteroatoms. The summed E-state index contributed by atoms with van der Waals surface area (Å²) in [5, 5.41) is 11.8. The fraction of sp³-hybridized carbons (Fsp3) is 0.500. The zero-order valence-corrected chi connectivity index (χ0v) is 14.0. The Bertz CT molecular complexity index is 913. The number of nitrogens with one attached hydrogen (secondary N) is 1. The lowest BCUT2D eigenvalue weighted by atomic mass is 9.87. The molecule has 2 aromatic rings. The number of hydrogen-bond donors (Lipinski definition) is 2. The minimum absolute atomic E-state index is 0.0150. The predicted octanol–water partition coefficient (Wildman–Crippen LogP) is 1.43. The van der Waals surface area contributed by atoms with Crippen LogP contribution in [0.3, 0.4) is 0 Å². The van der Waals surface area contributed by atoms with Crippen molar-refractivity contribution < 1.29 is 28.0 Å². The number of rotatable bonds is 3. The van der Waals surface area contributed by atoms with Gasteiger partial charge < -0.3 is 10.4 Å². The normalized spacial score (nSPS) is 24.6. The van der Waals surface area contributed by atoms with Crippen molar-refractivity contribution in [1.29, 1.82) is 0 Å². The Hall–Kier alpha value is -2.78. The van der Waals surface area contributed by atoms with E-state index in [0.29, 0.717) is 19.4 Å². The molecule has 0 unspecified atom stereocenters. The number of carboxylic acids is 1. The number of amides is 2. The molecule has 2 N–H and O–H groups in total. The number of fused-ring (bicyclic) bond motifs is 2. The molecule has 2 aliphatic rings. The van der Waals surface area contributed by atoms with E-state index >= 15 is 0 Å². The third-order valence-electron chi connectivity index (χ3n) is 5.08. The number of halogens is 2. The van der Waals surface area contributed by atoms with Crippen LogP contribution in [0.5, 0.6) is 0 Å². The van der Waals surface area contributed by atoms with Gasteiger partial charge in [0.2, 0.25) is 0 Å². The molecule has 138 valence electrons. The van der Waals surface area contributed by atoms with Gasteiger partial charge in [-0.2, -0.15) is 0 Å². The van der Waals surface area contributed by atoms with Gasteiger partial charge >= 0.3 is 17.6 Å². The molecule has 26 heavy (non-hydrogen) atoms. The van der Waals surface area contributed by atoms with Crippen molar-refractivity contribution in [1.82, 2.24) is 15.0 Å². The van der Waals surface area contributed by atoms with Crippen molar-refractivity contribution in [2.75, 3.05) is 4.90 Å². The molecule has 0 spiro atoms. The lowest BCUT2D eigenvalue weighted by Gasteiger charge is -2.34. The molecule has 1 saturated carbocycles. The van der Waals surface area contributed by atoms with E-state index in [1.165, 1.54) is 11.1 Å². The van der Waals surface area contributed by atoms with Gasteiger partial charge in [-0.05, 0) is 24.7 Å². The summed E-state index contributed by atoms with van der Waals surface area (Å²) >= 11 is 0. The minimum atomic E-state index is -2.97. The van der Waals surface area contributed by atoms with Crippen LogP contribution >= 0.6 is 0 Å². The summed E-state index contributed by atoms with van der Waals surface area (Å²) in [5.74, 6) is -3.94. The fourth-order valence-corrected chi connectivity index (χ4v) is 3.85. The van der Waals surface area contributed by atoms with Crippen molar-refractivity contribution in [3.8, 4) is 0 Å². The summed E-state index contributed by atoms with van der Waals surface area (Å²) in [6, 6.07) is -1.06. The molecule has 1 saturated heterocycles. The fourth-order valence-electron chi connectivity index (χ4n) is 3.85. The van der Waals surface area contributed by atoms with Gasteiger partial charge in [0.1, 0.15) is 12.2 Å². The first-order chi connectivity index (χ1) is 12.3. The molecule has 2 fully saturated rings. The third-order valence-corrected chi connectivity index (χ3v) is 5.08. The first kappa shape index (κ1) is 16.7. The zero-order valence-electron chi connectivity index (χ0n) is 14.0. The number of anilines is 1. The maximum absolute atomic E-state index is 14.1. The number of carbonyl (C=O) groups excluding carboxylic acids is 1. The van der Waals surface area contributed by atoms with E-state index in [4.69, 9.17) is 0 Å². The minimum Gasteiger partial charge on any atom is -0.477 e. The van der Waals surface area contributed by atoms with Crippen LogP contribution in [0, 0.1) is 0 Å². The number of carboxylic acid groups (broad SMARTS) is 1. The molecule has 1 aliphatic heterocycles. The first-order valence-corrected chi connectivity index (χ1v) is 8.46. The Kier molecular flexibility index (Phi) is 3.60. The van der Waals surface area contributed by atoms with Crippen molar-refractivity contribution in [3.05, 3.63) is 24.0 Å². The Morgan fingerprint density at radius 3 is 3.00 bits per heavy atom. The van der Waals surface area contributed by atoms with E-state index in [1.54, 1.807) is 21.5 Å². The SMILES string of the molecule is CCn1cc(C(=O)O)c2nc(N3C(=O)N[C@@H]4[C@H]3CCCC4(F)F)cc[n+]21. The number of hydrogen-bond acceptors (Lipinski definition) is 3. The lowest BCUT2D eigenvalue weighted by molar-refractivity contribution is -0.611. The number of carbonyl (C=O) groups is 2. The van der Waals surface area contributed by atoms with Crippen LogP contribution in [0.4, 0.5) is 19.4 Å². The van der Waals surface area contributed by atoms with E-state index < -0.39 is 30.0 Å². The Morgan fingerprint density at radius 2 is 2.31 bits per heavy atom. The molecule has 2 amide bonds. The van der Waals surface area contributed by atoms with Gasteiger partial charge in [0, 0.05) is 12.5 Å². The average Bonchev–Trinajstić information content (AvgIpc) is 3.12. The maximum Gasteiger partial charge on any atom is 0.365 e. The van der Waals surface area contributed by atoms with Gasteiger partial charge in [0.05, 0.1) is 18.8 Å². The van der Waals surface area contributed by atoms with E-state index in [0.717, 1.165) is 0 Å². The van der Waals surface area contributed by atoms with Gasteiger partial charge in [0.25, 0.3) is 11.7 Å². The third kappa shape index (κ3) is 2.31. The quantitative estimate of drug-likeness (QED) is 0.804. The highest BCUT2D eigenvalue weighted by Crippen LogP contribution is 2.40. The molecule has 0 radical (unpaired) electrons. The summed E-state index contributed by atoms with van der Waals surface area (Å²) in [6.45, 7) is 2.38. The molecule has 2 atom stereocenters. The lowest BCUT2D eigenvalue weighted by Crippen LogP contribution is -2.51. The second kappa shape index (κ2) is 5.61. The van der Waals surface area contributed by atoms with Crippen LogP contribution in [0.2, 0.25) is 0 Å². The zero-order chi connectivity index (χ0) is 18.6. The highest BCUT2D eigenvalue weighted by atomic mass is 19.3. The number of aromatic nitrogens is 3. The summed E-state index contributed by atoms with van der Waals surface area (Å²) in [4.78, 5) is 29.4. The first-order valence-electron chi connectivity index (χ1n) is 8.46. The molecular weight excluding hydrogens is 348 g/mol.